The number of carbonyl (C=O) groups is 1. The SMILES string of the molecule is O=C(Nc1ccc(-c2nc3ccc(O)cc3s2)cc1)c1ccc([N+](=O)[O-])c(CF)c1. The van der Waals surface area contributed by atoms with Crippen molar-refractivity contribution in [1.82, 2.24) is 4.98 Å². The fraction of sp³-hybridized carbons (Fsp3) is 0.0476. The third kappa shape index (κ3) is 3.83. The third-order valence-electron chi connectivity index (χ3n) is 4.44. The lowest BCUT2D eigenvalue weighted by Crippen LogP contribution is -2.12. The van der Waals surface area contributed by atoms with Crippen LogP contribution in [0, 0.1) is 10.1 Å². The van der Waals surface area contributed by atoms with Gasteiger partial charge in [-0.2, -0.15) is 0 Å². The van der Waals surface area contributed by atoms with E-state index in [0.717, 1.165) is 26.9 Å². The molecule has 2 N–H and O–H groups in total. The van der Waals surface area contributed by atoms with E-state index in [-0.39, 0.29) is 22.6 Å². The average molecular weight is 423 g/mol. The molecule has 0 saturated carbocycles. The van der Waals surface area contributed by atoms with E-state index in [1.807, 2.05) is 0 Å². The van der Waals surface area contributed by atoms with Crippen molar-refractivity contribution in [3.63, 3.8) is 0 Å². The van der Waals surface area contributed by atoms with Crippen molar-refractivity contribution in [1.29, 1.82) is 0 Å². The summed E-state index contributed by atoms with van der Waals surface area (Å²) in [7, 11) is 0. The summed E-state index contributed by atoms with van der Waals surface area (Å²) in [5, 5.41) is 23.9. The molecule has 0 fully saturated rings. The molecule has 0 aliphatic carbocycles. The third-order valence-corrected chi connectivity index (χ3v) is 5.51. The van der Waals surface area contributed by atoms with Gasteiger partial charge in [-0.1, -0.05) is 0 Å². The lowest BCUT2D eigenvalue weighted by atomic mass is 10.1. The number of benzene rings is 3. The number of halogens is 1. The number of nitro groups is 1. The molecule has 1 heterocycles. The molecule has 0 atom stereocenters. The van der Waals surface area contributed by atoms with Crippen molar-refractivity contribution in [2.24, 2.45) is 0 Å². The highest BCUT2D eigenvalue weighted by atomic mass is 32.1. The molecule has 3 aromatic carbocycles. The molecule has 0 aliphatic heterocycles. The number of fused-ring (bicyclic) bond motifs is 1. The molecule has 150 valence electrons. The maximum absolute atomic E-state index is 13.1. The number of carbonyl (C=O) groups excluding carboxylic acids is 1. The minimum absolute atomic E-state index is 0.128. The molecule has 0 saturated heterocycles. The van der Waals surface area contributed by atoms with Crippen LogP contribution in [0.1, 0.15) is 15.9 Å². The summed E-state index contributed by atoms with van der Waals surface area (Å²) in [6.45, 7) is -1.04. The summed E-state index contributed by atoms with van der Waals surface area (Å²) in [5.74, 6) is -0.319. The van der Waals surface area contributed by atoms with Crippen LogP contribution < -0.4 is 5.32 Å². The van der Waals surface area contributed by atoms with Crippen molar-refractivity contribution in [2.75, 3.05) is 5.32 Å². The van der Waals surface area contributed by atoms with Gasteiger partial charge in [0, 0.05) is 22.9 Å². The Bertz CT molecular complexity index is 1270. The van der Waals surface area contributed by atoms with Crippen LogP contribution >= 0.6 is 11.3 Å². The Kier molecular flexibility index (Phi) is 5.11. The van der Waals surface area contributed by atoms with Crippen LogP contribution in [0.25, 0.3) is 20.8 Å². The molecule has 0 radical (unpaired) electrons. The standard InChI is InChI=1S/C21H14FN3O4S/c22-11-14-9-13(3-8-18(14)25(28)29)20(27)23-15-4-1-12(2-5-15)21-24-17-7-6-16(26)10-19(17)30-21/h1-10,26H,11H2,(H,23,27). The maximum Gasteiger partial charge on any atom is 0.275 e. The van der Waals surface area contributed by atoms with E-state index < -0.39 is 17.5 Å². The summed E-state index contributed by atoms with van der Waals surface area (Å²) in [4.78, 5) is 27.2. The Morgan fingerprint density at radius 1 is 1.13 bits per heavy atom. The average Bonchev–Trinajstić information content (AvgIpc) is 3.16. The van der Waals surface area contributed by atoms with Gasteiger partial charge in [-0.3, -0.25) is 14.9 Å². The van der Waals surface area contributed by atoms with E-state index in [1.54, 1.807) is 42.5 Å². The van der Waals surface area contributed by atoms with Crippen LogP contribution in [-0.4, -0.2) is 20.9 Å². The summed E-state index contributed by atoms with van der Waals surface area (Å²) < 4.78 is 13.9. The number of rotatable bonds is 5. The second-order valence-corrected chi connectivity index (χ2v) is 7.47. The molecule has 0 aliphatic rings. The van der Waals surface area contributed by atoms with Gasteiger partial charge in [0.15, 0.2) is 0 Å². The smallest absolute Gasteiger partial charge is 0.275 e. The highest BCUT2D eigenvalue weighted by molar-refractivity contribution is 7.21. The van der Waals surface area contributed by atoms with Crippen LogP contribution in [0.15, 0.2) is 60.7 Å². The number of anilines is 1. The number of nitro benzene ring substituents is 1. The number of thiazole rings is 1. The molecule has 0 bridgehead atoms. The first-order valence-electron chi connectivity index (χ1n) is 8.79. The Hall–Kier alpha value is -3.85. The summed E-state index contributed by atoms with van der Waals surface area (Å²) >= 11 is 1.44. The fourth-order valence-corrected chi connectivity index (χ4v) is 3.95. The quantitative estimate of drug-likeness (QED) is 0.335. The molecule has 0 spiro atoms. The van der Waals surface area contributed by atoms with Crippen molar-refractivity contribution < 1.29 is 19.2 Å². The van der Waals surface area contributed by atoms with Crippen LogP contribution in [0.5, 0.6) is 5.75 Å². The first-order chi connectivity index (χ1) is 14.4. The minimum Gasteiger partial charge on any atom is -0.508 e. The number of alkyl halides is 1. The molecular weight excluding hydrogens is 409 g/mol. The zero-order valence-corrected chi connectivity index (χ0v) is 16.1. The van der Waals surface area contributed by atoms with Crippen LogP contribution in [0.3, 0.4) is 0 Å². The normalized spacial score (nSPS) is 10.8. The predicted octanol–water partition coefficient (Wildman–Crippen LogP) is 5.30. The van der Waals surface area contributed by atoms with E-state index in [0.29, 0.717) is 5.69 Å². The Labute approximate surface area is 173 Å². The summed E-state index contributed by atoms with van der Waals surface area (Å²) in [6.07, 6.45) is 0. The van der Waals surface area contributed by atoms with E-state index in [9.17, 15) is 24.4 Å². The van der Waals surface area contributed by atoms with Crippen molar-refractivity contribution in [3.8, 4) is 16.3 Å². The highest BCUT2D eigenvalue weighted by Gasteiger charge is 2.17. The highest BCUT2D eigenvalue weighted by Crippen LogP contribution is 2.32. The molecule has 9 heteroatoms. The number of aromatic hydroxyl groups is 1. The molecule has 1 amide bonds. The Balaban J connectivity index is 1.53. The van der Waals surface area contributed by atoms with Gasteiger partial charge in [0.1, 0.15) is 17.4 Å². The maximum atomic E-state index is 13.1. The zero-order valence-electron chi connectivity index (χ0n) is 15.3. The number of nitrogens with zero attached hydrogens (tertiary/aromatic N) is 2. The zero-order chi connectivity index (χ0) is 21.3. The molecule has 30 heavy (non-hydrogen) atoms. The number of hydrogen-bond donors (Lipinski definition) is 2. The van der Waals surface area contributed by atoms with Crippen LogP contribution in [0.2, 0.25) is 0 Å². The van der Waals surface area contributed by atoms with Gasteiger partial charge in [-0.15, -0.1) is 11.3 Å². The van der Waals surface area contributed by atoms with Gasteiger partial charge < -0.3 is 10.4 Å². The van der Waals surface area contributed by atoms with Gasteiger partial charge in [0.05, 0.1) is 20.7 Å². The summed E-state index contributed by atoms with van der Waals surface area (Å²) in [6, 6.07) is 15.6. The van der Waals surface area contributed by atoms with E-state index in [4.69, 9.17) is 0 Å². The molecule has 4 aromatic rings. The van der Waals surface area contributed by atoms with Gasteiger partial charge in [0.25, 0.3) is 11.6 Å². The molecular formula is C21H14FN3O4S. The van der Waals surface area contributed by atoms with Crippen molar-refractivity contribution in [2.45, 2.75) is 6.67 Å². The second-order valence-electron chi connectivity index (χ2n) is 6.44. The first-order valence-corrected chi connectivity index (χ1v) is 9.61. The van der Waals surface area contributed by atoms with Gasteiger partial charge >= 0.3 is 0 Å². The monoisotopic (exact) mass is 423 g/mol. The molecule has 4 rings (SSSR count). The molecule has 7 nitrogen and oxygen atoms in total. The van der Waals surface area contributed by atoms with Gasteiger partial charge in [-0.05, 0) is 54.6 Å². The lowest BCUT2D eigenvalue weighted by molar-refractivity contribution is -0.385. The first kappa shape index (κ1) is 19.5. The van der Waals surface area contributed by atoms with Crippen molar-refractivity contribution in [3.05, 3.63) is 81.9 Å². The van der Waals surface area contributed by atoms with Gasteiger partial charge in [0.2, 0.25) is 0 Å². The van der Waals surface area contributed by atoms with Crippen LogP contribution in [-0.2, 0) is 6.67 Å². The van der Waals surface area contributed by atoms with Gasteiger partial charge in [-0.25, -0.2) is 9.37 Å². The second kappa shape index (κ2) is 7.88. The lowest BCUT2D eigenvalue weighted by Gasteiger charge is -2.07. The topological polar surface area (TPSA) is 105 Å². The molecule has 1 aromatic heterocycles. The Morgan fingerprint density at radius 2 is 1.90 bits per heavy atom. The number of aromatic nitrogens is 1. The minimum atomic E-state index is -1.04. The largest absolute Gasteiger partial charge is 0.508 e. The Morgan fingerprint density at radius 3 is 2.60 bits per heavy atom. The predicted molar refractivity (Wildman–Crippen MR) is 113 cm³/mol. The van der Waals surface area contributed by atoms with E-state index in [1.165, 1.54) is 23.5 Å². The number of phenols is 1. The number of phenolic OH excluding ortho intramolecular Hbond substituents is 1. The summed E-state index contributed by atoms with van der Waals surface area (Å²) in [5.41, 5.74) is 1.77. The van der Waals surface area contributed by atoms with E-state index >= 15 is 0 Å². The molecule has 0 unspecified atom stereocenters. The fourth-order valence-electron chi connectivity index (χ4n) is 2.95. The van der Waals surface area contributed by atoms with E-state index in [2.05, 4.69) is 10.3 Å². The van der Waals surface area contributed by atoms with Crippen LogP contribution in [0.4, 0.5) is 15.8 Å². The number of hydrogen-bond acceptors (Lipinski definition) is 6. The number of nitrogens with one attached hydrogen (secondary N) is 1. The number of amides is 1. The van der Waals surface area contributed by atoms with Crippen molar-refractivity contribution >= 4 is 38.8 Å².